The smallest absolute Gasteiger partial charge is 0.168 e. The highest BCUT2D eigenvalue weighted by atomic mass is 79.9. The predicted octanol–water partition coefficient (Wildman–Crippen LogP) is 3.72. The van der Waals surface area contributed by atoms with Crippen molar-refractivity contribution in [2.45, 2.75) is 13.3 Å². The number of Topliss-reactive ketones (excluding diaryl/α,β-unsaturated/α-hetero) is 1. The quantitative estimate of drug-likeness (QED) is 0.809. The van der Waals surface area contributed by atoms with Gasteiger partial charge < -0.3 is 0 Å². The lowest BCUT2D eigenvalue weighted by Gasteiger charge is -2.03. The first-order valence-electron chi connectivity index (χ1n) is 5.44. The Morgan fingerprint density at radius 2 is 2.06 bits per heavy atom. The van der Waals surface area contributed by atoms with Gasteiger partial charge in [0.05, 0.1) is 0 Å². The first-order chi connectivity index (χ1) is 8.54. The average Bonchev–Trinajstić information content (AvgIpc) is 2.27. The van der Waals surface area contributed by atoms with E-state index in [1.54, 1.807) is 18.3 Å². The number of rotatable bonds is 3. The van der Waals surface area contributed by atoms with E-state index in [1.807, 2.05) is 6.92 Å². The summed E-state index contributed by atoms with van der Waals surface area (Å²) >= 11 is 3.21. The third-order valence-corrected chi connectivity index (χ3v) is 2.94. The van der Waals surface area contributed by atoms with Crippen molar-refractivity contribution in [3.63, 3.8) is 0 Å². The Labute approximate surface area is 113 Å². The number of pyridine rings is 1. The largest absolute Gasteiger partial charge is 0.294 e. The second-order valence-corrected chi connectivity index (χ2v) is 5.04. The van der Waals surface area contributed by atoms with Crippen molar-refractivity contribution in [3.05, 3.63) is 63.6 Å². The molecule has 0 fully saturated rings. The molecule has 2 rings (SSSR count). The van der Waals surface area contributed by atoms with Gasteiger partial charge in [0.2, 0.25) is 0 Å². The van der Waals surface area contributed by atoms with Gasteiger partial charge in [-0.1, -0.05) is 15.9 Å². The van der Waals surface area contributed by atoms with E-state index in [0.29, 0.717) is 15.6 Å². The van der Waals surface area contributed by atoms with Gasteiger partial charge in [-0.3, -0.25) is 9.78 Å². The lowest BCUT2D eigenvalue weighted by molar-refractivity contribution is 0.0992. The van der Waals surface area contributed by atoms with E-state index in [0.717, 1.165) is 5.56 Å². The Kier molecular flexibility index (Phi) is 3.87. The number of hydrogen-bond acceptors (Lipinski definition) is 2. The van der Waals surface area contributed by atoms with Crippen LogP contribution < -0.4 is 0 Å². The second kappa shape index (κ2) is 5.40. The third-order valence-electron chi connectivity index (χ3n) is 2.48. The number of carbonyl (C=O) groups is 1. The molecular formula is C14H11BrFNO. The van der Waals surface area contributed by atoms with Gasteiger partial charge in [-0.2, -0.15) is 0 Å². The molecule has 2 nitrogen and oxygen atoms in total. The fourth-order valence-corrected chi connectivity index (χ4v) is 2.22. The summed E-state index contributed by atoms with van der Waals surface area (Å²) in [7, 11) is 0. The minimum absolute atomic E-state index is 0.0660. The highest BCUT2D eigenvalue weighted by Gasteiger charge is 2.09. The number of halogens is 2. The lowest BCUT2D eigenvalue weighted by Crippen LogP contribution is -2.04. The molecule has 0 saturated carbocycles. The molecule has 2 aromatic rings. The molecule has 0 amide bonds. The maximum Gasteiger partial charge on any atom is 0.168 e. The monoisotopic (exact) mass is 307 g/mol. The first-order valence-corrected chi connectivity index (χ1v) is 6.24. The molecule has 1 aromatic carbocycles. The van der Waals surface area contributed by atoms with Crippen LogP contribution in [0, 0.1) is 12.7 Å². The van der Waals surface area contributed by atoms with Crippen molar-refractivity contribution in [1.82, 2.24) is 4.98 Å². The zero-order valence-corrected chi connectivity index (χ0v) is 11.4. The molecule has 0 aliphatic heterocycles. The molecule has 0 bridgehead atoms. The summed E-state index contributed by atoms with van der Waals surface area (Å²) < 4.78 is 13.8. The second-order valence-electron chi connectivity index (χ2n) is 4.13. The van der Waals surface area contributed by atoms with Gasteiger partial charge in [0.25, 0.3) is 0 Å². The SMILES string of the molecule is Cc1cncc(C(=O)Cc2cc(F)cc(Br)c2)c1. The van der Waals surface area contributed by atoms with Gasteiger partial charge >= 0.3 is 0 Å². The van der Waals surface area contributed by atoms with Crippen molar-refractivity contribution in [2.75, 3.05) is 0 Å². The molecule has 0 N–H and O–H groups in total. The van der Waals surface area contributed by atoms with Gasteiger partial charge in [0.1, 0.15) is 5.82 Å². The summed E-state index contributed by atoms with van der Waals surface area (Å²) in [5, 5.41) is 0. The van der Waals surface area contributed by atoms with Crippen LogP contribution in [-0.4, -0.2) is 10.8 Å². The molecule has 0 saturated heterocycles. The number of carbonyl (C=O) groups excluding carboxylic acids is 1. The predicted molar refractivity (Wildman–Crippen MR) is 71.1 cm³/mol. The molecule has 0 aliphatic rings. The van der Waals surface area contributed by atoms with Crippen LogP contribution in [0.1, 0.15) is 21.5 Å². The minimum atomic E-state index is -0.352. The van der Waals surface area contributed by atoms with E-state index in [-0.39, 0.29) is 18.0 Å². The average molecular weight is 308 g/mol. The zero-order chi connectivity index (χ0) is 13.1. The number of ketones is 1. The van der Waals surface area contributed by atoms with Gasteiger partial charge in [0, 0.05) is 28.9 Å². The van der Waals surface area contributed by atoms with Gasteiger partial charge in [-0.05, 0) is 42.3 Å². The van der Waals surface area contributed by atoms with Gasteiger partial charge in [-0.15, -0.1) is 0 Å². The van der Waals surface area contributed by atoms with E-state index in [1.165, 1.54) is 18.3 Å². The summed E-state index contributed by atoms with van der Waals surface area (Å²) in [5.74, 6) is -0.418. The van der Waals surface area contributed by atoms with E-state index in [4.69, 9.17) is 0 Å². The Morgan fingerprint density at radius 3 is 2.72 bits per heavy atom. The van der Waals surface area contributed by atoms with Crippen molar-refractivity contribution in [1.29, 1.82) is 0 Å². The van der Waals surface area contributed by atoms with Crippen LogP contribution in [0.2, 0.25) is 0 Å². The number of benzene rings is 1. The third kappa shape index (κ3) is 3.23. The van der Waals surface area contributed by atoms with Crippen molar-refractivity contribution in [2.24, 2.45) is 0 Å². The van der Waals surface area contributed by atoms with Gasteiger partial charge in [0.15, 0.2) is 5.78 Å². The molecular weight excluding hydrogens is 297 g/mol. The Hall–Kier alpha value is -1.55. The van der Waals surface area contributed by atoms with Crippen LogP contribution in [-0.2, 0) is 6.42 Å². The molecule has 0 unspecified atom stereocenters. The molecule has 0 radical (unpaired) electrons. The first kappa shape index (κ1) is 12.9. The maximum absolute atomic E-state index is 13.2. The molecule has 1 heterocycles. The molecule has 4 heteroatoms. The molecule has 0 spiro atoms. The number of aryl methyl sites for hydroxylation is 1. The minimum Gasteiger partial charge on any atom is -0.294 e. The van der Waals surface area contributed by atoms with E-state index in [9.17, 15) is 9.18 Å². The Morgan fingerprint density at radius 1 is 1.28 bits per heavy atom. The van der Waals surface area contributed by atoms with Crippen molar-refractivity contribution >= 4 is 21.7 Å². The van der Waals surface area contributed by atoms with Crippen molar-refractivity contribution < 1.29 is 9.18 Å². The zero-order valence-electron chi connectivity index (χ0n) is 9.78. The lowest BCUT2D eigenvalue weighted by atomic mass is 10.0. The number of hydrogen-bond donors (Lipinski definition) is 0. The van der Waals surface area contributed by atoms with E-state index >= 15 is 0 Å². The highest BCUT2D eigenvalue weighted by molar-refractivity contribution is 9.10. The Balaban J connectivity index is 2.21. The summed E-state index contributed by atoms with van der Waals surface area (Å²) in [5.41, 5.74) is 2.13. The van der Waals surface area contributed by atoms with Crippen LogP contribution in [0.15, 0.2) is 41.1 Å². The fraction of sp³-hybridized carbons (Fsp3) is 0.143. The molecule has 92 valence electrons. The maximum atomic E-state index is 13.2. The molecule has 0 aliphatic carbocycles. The van der Waals surface area contributed by atoms with E-state index in [2.05, 4.69) is 20.9 Å². The van der Waals surface area contributed by atoms with Crippen LogP contribution in [0.4, 0.5) is 4.39 Å². The molecule has 1 aromatic heterocycles. The summed E-state index contributed by atoms with van der Waals surface area (Å²) in [4.78, 5) is 16.0. The van der Waals surface area contributed by atoms with Crippen molar-refractivity contribution in [3.8, 4) is 0 Å². The Bertz CT molecular complexity index is 578. The molecule has 18 heavy (non-hydrogen) atoms. The normalized spacial score (nSPS) is 10.4. The number of nitrogens with zero attached hydrogens (tertiary/aromatic N) is 1. The standard InChI is InChI=1S/C14H11BrFNO/c1-9-2-11(8-17-7-9)14(18)5-10-3-12(15)6-13(16)4-10/h2-4,6-8H,5H2,1H3. The number of aromatic nitrogens is 1. The molecule has 0 atom stereocenters. The van der Waals surface area contributed by atoms with E-state index < -0.39 is 0 Å². The summed E-state index contributed by atoms with van der Waals surface area (Å²) in [6.07, 6.45) is 3.39. The fourth-order valence-electron chi connectivity index (χ4n) is 1.71. The van der Waals surface area contributed by atoms with Crippen LogP contribution in [0.3, 0.4) is 0 Å². The van der Waals surface area contributed by atoms with Gasteiger partial charge in [-0.25, -0.2) is 4.39 Å². The summed E-state index contributed by atoms with van der Waals surface area (Å²) in [6.45, 7) is 1.88. The highest BCUT2D eigenvalue weighted by Crippen LogP contribution is 2.16. The summed E-state index contributed by atoms with van der Waals surface area (Å²) in [6, 6.07) is 6.25. The van der Waals surface area contributed by atoms with Crippen LogP contribution in [0.25, 0.3) is 0 Å². The van der Waals surface area contributed by atoms with Crippen LogP contribution >= 0.6 is 15.9 Å². The topological polar surface area (TPSA) is 30.0 Å². The van der Waals surface area contributed by atoms with Crippen LogP contribution in [0.5, 0.6) is 0 Å².